The molecule has 0 heterocycles. The van der Waals surface area contributed by atoms with E-state index in [1.165, 1.54) is 24.3 Å². The summed E-state index contributed by atoms with van der Waals surface area (Å²) < 4.78 is 37.7. The number of aliphatic hydroxyl groups excluding tert-OH is 1. The van der Waals surface area contributed by atoms with E-state index < -0.39 is 40.6 Å². The monoisotopic (exact) mass is 514 g/mol. The number of nitrogens with one attached hydrogen (secondary N) is 2. The van der Waals surface area contributed by atoms with E-state index >= 15 is 0 Å². The molecule has 3 N–H and O–H groups in total. The first kappa shape index (κ1) is 24.5. The van der Waals surface area contributed by atoms with Crippen LogP contribution in [0.4, 0.5) is 8.78 Å². The molecule has 2 aliphatic rings. The number of ether oxygens (including phenoxy) is 2. The van der Waals surface area contributed by atoms with Gasteiger partial charge in [0.1, 0.15) is 23.1 Å². The zero-order valence-electron chi connectivity index (χ0n) is 17.9. The van der Waals surface area contributed by atoms with Crippen LogP contribution in [0, 0.1) is 11.6 Å². The van der Waals surface area contributed by atoms with Crippen LogP contribution in [0.1, 0.15) is 25.7 Å². The maximum Gasteiger partial charge on any atom is 0.258 e. The molecule has 2 aromatic carbocycles. The van der Waals surface area contributed by atoms with Crippen molar-refractivity contribution >= 4 is 35.0 Å². The maximum absolute atomic E-state index is 13.5. The van der Waals surface area contributed by atoms with Crippen molar-refractivity contribution in [1.29, 1.82) is 0 Å². The zero-order valence-corrected chi connectivity index (χ0v) is 19.4. The van der Waals surface area contributed by atoms with Gasteiger partial charge in [-0.25, -0.2) is 8.78 Å². The second-order valence-corrected chi connectivity index (χ2v) is 9.47. The summed E-state index contributed by atoms with van der Waals surface area (Å²) in [6.07, 6.45) is 0.736. The average molecular weight is 515 g/mol. The Balaban J connectivity index is 1.30. The SMILES string of the molecule is O=C(COc1ccc(Cl)c(F)c1)N[C@]12CC[C@](NC(=O)COc3ccc(Cl)c(F)c3)(C1)[C@H](O)C2. The molecule has 34 heavy (non-hydrogen) atoms. The fraction of sp³-hybridized carbons (Fsp3) is 0.391. The molecule has 2 bridgehead atoms. The predicted octanol–water partition coefficient (Wildman–Crippen LogP) is 3.39. The molecule has 2 fully saturated rings. The summed E-state index contributed by atoms with van der Waals surface area (Å²) in [6, 6.07) is 7.71. The molecule has 0 radical (unpaired) electrons. The Labute approximate surface area is 204 Å². The lowest BCUT2D eigenvalue weighted by molar-refractivity contribution is -0.127. The predicted molar refractivity (Wildman–Crippen MR) is 120 cm³/mol. The van der Waals surface area contributed by atoms with Crippen molar-refractivity contribution in [1.82, 2.24) is 10.6 Å². The third-order valence-electron chi connectivity index (χ3n) is 6.24. The normalized spacial score (nSPS) is 25.1. The van der Waals surface area contributed by atoms with E-state index in [4.69, 9.17) is 32.7 Å². The van der Waals surface area contributed by atoms with Gasteiger partial charge in [0, 0.05) is 17.7 Å². The summed E-state index contributed by atoms with van der Waals surface area (Å²) in [4.78, 5) is 24.9. The number of hydrogen-bond acceptors (Lipinski definition) is 5. The molecule has 7 nitrogen and oxygen atoms in total. The Morgan fingerprint density at radius 3 is 1.97 bits per heavy atom. The Kier molecular flexibility index (Phi) is 6.89. The van der Waals surface area contributed by atoms with E-state index in [-0.39, 0.29) is 41.2 Å². The first-order chi connectivity index (χ1) is 16.1. The minimum Gasteiger partial charge on any atom is -0.484 e. The molecule has 0 saturated heterocycles. The lowest BCUT2D eigenvalue weighted by Gasteiger charge is -2.33. The van der Waals surface area contributed by atoms with Crippen molar-refractivity contribution in [3.8, 4) is 11.5 Å². The quantitative estimate of drug-likeness (QED) is 0.501. The number of rotatable bonds is 8. The number of aliphatic hydroxyl groups is 1. The number of benzene rings is 2. The van der Waals surface area contributed by atoms with Gasteiger partial charge in [0.15, 0.2) is 13.2 Å². The fourth-order valence-corrected chi connectivity index (χ4v) is 4.93. The second-order valence-electron chi connectivity index (χ2n) is 8.66. The number of hydrogen-bond donors (Lipinski definition) is 3. The van der Waals surface area contributed by atoms with Crippen LogP contribution in [0.5, 0.6) is 11.5 Å². The number of amides is 2. The number of fused-ring (bicyclic) bond motifs is 2. The molecule has 0 aromatic heterocycles. The Morgan fingerprint density at radius 1 is 0.941 bits per heavy atom. The van der Waals surface area contributed by atoms with Crippen molar-refractivity contribution in [2.24, 2.45) is 0 Å². The highest BCUT2D eigenvalue weighted by atomic mass is 35.5. The molecule has 182 valence electrons. The van der Waals surface area contributed by atoms with Gasteiger partial charge in [0.05, 0.1) is 21.7 Å². The summed E-state index contributed by atoms with van der Waals surface area (Å²) in [6.45, 7) is -0.718. The Morgan fingerprint density at radius 2 is 1.47 bits per heavy atom. The van der Waals surface area contributed by atoms with Crippen LogP contribution in [0.2, 0.25) is 10.0 Å². The van der Waals surface area contributed by atoms with Crippen LogP contribution in [0.15, 0.2) is 36.4 Å². The Hall–Kier alpha value is -2.62. The lowest BCUT2D eigenvalue weighted by atomic mass is 9.88. The number of carbonyl (C=O) groups is 2. The van der Waals surface area contributed by atoms with Crippen molar-refractivity contribution in [3.63, 3.8) is 0 Å². The molecule has 0 unspecified atom stereocenters. The van der Waals surface area contributed by atoms with Gasteiger partial charge < -0.3 is 25.2 Å². The highest BCUT2D eigenvalue weighted by Crippen LogP contribution is 2.50. The highest BCUT2D eigenvalue weighted by molar-refractivity contribution is 6.31. The van der Waals surface area contributed by atoms with Crippen LogP contribution in [-0.4, -0.2) is 47.3 Å². The van der Waals surface area contributed by atoms with Gasteiger partial charge in [-0.1, -0.05) is 23.2 Å². The first-order valence-corrected chi connectivity index (χ1v) is 11.3. The molecule has 4 rings (SSSR count). The molecule has 2 amide bonds. The van der Waals surface area contributed by atoms with Gasteiger partial charge in [-0.2, -0.15) is 0 Å². The van der Waals surface area contributed by atoms with E-state index in [2.05, 4.69) is 10.6 Å². The fourth-order valence-electron chi connectivity index (χ4n) is 4.69. The van der Waals surface area contributed by atoms with Crippen molar-refractivity contribution in [2.75, 3.05) is 13.2 Å². The van der Waals surface area contributed by atoms with Crippen LogP contribution >= 0.6 is 23.2 Å². The molecule has 3 atom stereocenters. The van der Waals surface area contributed by atoms with Crippen molar-refractivity contribution < 1.29 is 33.0 Å². The summed E-state index contributed by atoms with van der Waals surface area (Å²) >= 11 is 11.3. The first-order valence-electron chi connectivity index (χ1n) is 10.6. The third-order valence-corrected chi connectivity index (χ3v) is 6.85. The van der Waals surface area contributed by atoms with Crippen molar-refractivity contribution in [2.45, 2.75) is 42.9 Å². The summed E-state index contributed by atoms with van der Waals surface area (Å²) in [5, 5.41) is 16.3. The molecule has 11 heteroatoms. The van der Waals surface area contributed by atoms with Gasteiger partial charge in [0.25, 0.3) is 11.8 Å². The number of carbonyl (C=O) groups excluding carboxylic acids is 2. The largest absolute Gasteiger partial charge is 0.484 e. The van der Waals surface area contributed by atoms with Crippen LogP contribution in [-0.2, 0) is 9.59 Å². The van der Waals surface area contributed by atoms with E-state index in [1.54, 1.807) is 0 Å². The molecular weight excluding hydrogens is 493 g/mol. The second kappa shape index (κ2) is 9.56. The molecule has 2 aliphatic carbocycles. The minimum absolute atomic E-state index is 0.0503. The lowest BCUT2D eigenvalue weighted by Crippen LogP contribution is -2.54. The summed E-state index contributed by atoms with van der Waals surface area (Å²) in [5.41, 5.74) is -1.60. The van der Waals surface area contributed by atoms with Gasteiger partial charge in [-0.05, 0) is 49.9 Å². The van der Waals surface area contributed by atoms with Gasteiger partial charge in [-0.15, -0.1) is 0 Å². The topological polar surface area (TPSA) is 96.9 Å². The maximum atomic E-state index is 13.5. The zero-order chi connectivity index (χ0) is 24.5. The third kappa shape index (κ3) is 5.21. The molecular formula is C23H22Cl2F2N2O5. The van der Waals surface area contributed by atoms with Crippen LogP contribution in [0.3, 0.4) is 0 Å². The van der Waals surface area contributed by atoms with E-state index in [1.807, 2.05) is 0 Å². The Bertz CT molecular complexity index is 1120. The molecule has 2 saturated carbocycles. The minimum atomic E-state index is -0.904. The average Bonchev–Trinajstić information content (AvgIpc) is 3.26. The van der Waals surface area contributed by atoms with Gasteiger partial charge in [-0.3, -0.25) is 9.59 Å². The standard InChI is InChI=1S/C23H22Cl2F2N2O5/c24-15-3-1-13(7-17(15)26)33-10-20(31)28-22-5-6-23(12-22,19(30)9-22)29-21(32)11-34-14-2-4-16(25)18(27)8-14/h1-4,7-8,19,30H,5-6,9-12H2,(H,28,31)(H,29,32)/t19-,22+,23+/m1/s1. The highest BCUT2D eigenvalue weighted by Gasteiger charge is 2.61. The van der Waals surface area contributed by atoms with Crippen molar-refractivity contribution in [3.05, 3.63) is 58.1 Å². The summed E-state index contributed by atoms with van der Waals surface area (Å²) in [5.74, 6) is -1.92. The van der Waals surface area contributed by atoms with Gasteiger partial charge in [0.2, 0.25) is 0 Å². The smallest absolute Gasteiger partial charge is 0.258 e. The van der Waals surface area contributed by atoms with E-state index in [0.29, 0.717) is 19.3 Å². The number of halogens is 4. The molecule has 2 aromatic rings. The molecule has 0 aliphatic heterocycles. The summed E-state index contributed by atoms with van der Waals surface area (Å²) in [7, 11) is 0. The van der Waals surface area contributed by atoms with E-state index in [0.717, 1.165) is 12.1 Å². The van der Waals surface area contributed by atoms with Crippen LogP contribution in [0.25, 0.3) is 0 Å². The van der Waals surface area contributed by atoms with E-state index in [9.17, 15) is 23.5 Å². The van der Waals surface area contributed by atoms with Gasteiger partial charge >= 0.3 is 0 Å². The molecule has 0 spiro atoms. The van der Waals surface area contributed by atoms with Crippen LogP contribution < -0.4 is 20.1 Å².